The summed E-state index contributed by atoms with van der Waals surface area (Å²) in [7, 11) is 0. The molecule has 0 amide bonds. The molecule has 0 aromatic heterocycles. The molecule has 2 aliphatic rings. The second kappa shape index (κ2) is 6.78. The van der Waals surface area contributed by atoms with Crippen LogP contribution < -0.4 is 0 Å². The molecule has 98 valence electrons. The van der Waals surface area contributed by atoms with E-state index in [0.717, 1.165) is 24.8 Å². The first-order chi connectivity index (χ1) is 8.83. The Balaban J connectivity index is 2.24. The van der Waals surface area contributed by atoms with Crippen molar-refractivity contribution in [2.45, 2.75) is 71.1 Å². The fourth-order valence-corrected chi connectivity index (χ4v) is 3.32. The summed E-state index contributed by atoms with van der Waals surface area (Å²) in [6, 6.07) is 2.53. The quantitative estimate of drug-likeness (QED) is 0.573. The monoisotopic (exact) mass is 243 g/mol. The minimum atomic E-state index is 0.589. The second-order valence-electron chi connectivity index (χ2n) is 5.85. The van der Waals surface area contributed by atoms with Crippen LogP contribution >= 0.6 is 0 Å². The fraction of sp³-hybridized carbons (Fsp3) is 0.706. The smallest absolute Gasteiger partial charge is 0.0994 e. The molecule has 18 heavy (non-hydrogen) atoms. The molecular weight excluding hydrogens is 218 g/mol. The zero-order chi connectivity index (χ0) is 12.8. The van der Waals surface area contributed by atoms with Crippen molar-refractivity contribution in [3.63, 3.8) is 0 Å². The van der Waals surface area contributed by atoms with Gasteiger partial charge in [-0.3, -0.25) is 0 Å². The van der Waals surface area contributed by atoms with Crippen molar-refractivity contribution in [1.29, 1.82) is 5.26 Å². The number of hydrogen-bond donors (Lipinski definition) is 0. The molecule has 0 spiro atoms. The van der Waals surface area contributed by atoms with Crippen molar-refractivity contribution < 1.29 is 0 Å². The van der Waals surface area contributed by atoms with Gasteiger partial charge in [-0.15, -0.1) is 0 Å². The molecule has 0 aromatic carbocycles. The van der Waals surface area contributed by atoms with Gasteiger partial charge in [-0.1, -0.05) is 37.8 Å². The average Bonchev–Trinajstić information content (AvgIpc) is 2.34. The predicted octanol–water partition coefficient (Wildman–Crippen LogP) is 5.30. The lowest BCUT2D eigenvalue weighted by atomic mass is 9.81. The molecule has 0 N–H and O–H groups in total. The third-order valence-corrected chi connectivity index (χ3v) is 4.45. The van der Waals surface area contributed by atoms with Crippen molar-refractivity contribution in [3.8, 4) is 6.07 Å². The van der Waals surface area contributed by atoms with Gasteiger partial charge in [0.05, 0.1) is 11.6 Å². The summed E-state index contributed by atoms with van der Waals surface area (Å²) in [5.74, 6) is 0.589. The summed E-state index contributed by atoms with van der Waals surface area (Å²) in [5.41, 5.74) is 3.88. The van der Waals surface area contributed by atoms with Gasteiger partial charge in [0.1, 0.15) is 0 Å². The zero-order valence-electron chi connectivity index (χ0n) is 11.7. The van der Waals surface area contributed by atoms with Crippen molar-refractivity contribution in [3.05, 3.63) is 22.8 Å². The Morgan fingerprint density at radius 1 is 1.11 bits per heavy atom. The molecule has 0 bridgehead atoms. The van der Waals surface area contributed by atoms with E-state index in [0.29, 0.717) is 5.92 Å². The van der Waals surface area contributed by atoms with E-state index in [2.05, 4.69) is 19.1 Å². The highest BCUT2D eigenvalue weighted by molar-refractivity contribution is 5.47. The first-order valence-corrected chi connectivity index (χ1v) is 7.65. The van der Waals surface area contributed by atoms with Crippen LogP contribution in [0.3, 0.4) is 0 Å². The number of rotatable bonds is 1. The van der Waals surface area contributed by atoms with E-state index in [4.69, 9.17) is 0 Å². The Morgan fingerprint density at radius 2 is 1.78 bits per heavy atom. The maximum absolute atomic E-state index is 9.56. The molecule has 1 heteroatoms. The first-order valence-electron chi connectivity index (χ1n) is 7.65. The molecule has 1 nitrogen and oxygen atoms in total. The molecule has 1 fully saturated rings. The molecule has 0 radical (unpaired) electrons. The Bertz CT molecular complexity index is 371. The SMILES string of the molecule is CC1CCCC=C1C(C#N)=C1CCCCCCC1. The van der Waals surface area contributed by atoms with Crippen molar-refractivity contribution in [2.75, 3.05) is 0 Å². The lowest BCUT2D eigenvalue weighted by Crippen LogP contribution is -2.09. The normalized spacial score (nSPS) is 25.7. The predicted molar refractivity (Wildman–Crippen MR) is 76.1 cm³/mol. The molecule has 1 atom stereocenters. The molecule has 2 aliphatic carbocycles. The number of allylic oxidation sites excluding steroid dienone is 4. The maximum atomic E-state index is 9.56. The third kappa shape index (κ3) is 3.25. The van der Waals surface area contributed by atoms with E-state index >= 15 is 0 Å². The molecule has 2 rings (SSSR count). The highest BCUT2D eigenvalue weighted by Crippen LogP contribution is 2.34. The van der Waals surface area contributed by atoms with Gasteiger partial charge in [-0.05, 0) is 56.4 Å². The van der Waals surface area contributed by atoms with Gasteiger partial charge < -0.3 is 0 Å². The summed E-state index contributed by atoms with van der Waals surface area (Å²) < 4.78 is 0. The summed E-state index contributed by atoms with van der Waals surface area (Å²) in [6.45, 7) is 2.28. The lowest BCUT2D eigenvalue weighted by Gasteiger charge is -2.23. The van der Waals surface area contributed by atoms with Gasteiger partial charge >= 0.3 is 0 Å². The van der Waals surface area contributed by atoms with Crippen LogP contribution in [0.25, 0.3) is 0 Å². The van der Waals surface area contributed by atoms with Gasteiger partial charge in [0, 0.05) is 0 Å². The fourth-order valence-electron chi connectivity index (χ4n) is 3.32. The van der Waals surface area contributed by atoms with Crippen LogP contribution in [0, 0.1) is 17.2 Å². The second-order valence-corrected chi connectivity index (χ2v) is 5.85. The van der Waals surface area contributed by atoms with Gasteiger partial charge in [0.2, 0.25) is 0 Å². The topological polar surface area (TPSA) is 23.8 Å². The van der Waals surface area contributed by atoms with Crippen LogP contribution in [-0.4, -0.2) is 0 Å². The summed E-state index contributed by atoms with van der Waals surface area (Å²) in [5, 5.41) is 9.56. The van der Waals surface area contributed by atoms with Gasteiger partial charge in [0.25, 0.3) is 0 Å². The van der Waals surface area contributed by atoms with E-state index in [-0.39, 0.29) is 0 Å². The number of nitrogens with zero attached hydrogens (tertiary/aromatic N) is 1. The largest absolute Gasteiger partial charge is 0.192 e. The van der Waals surface area contributed by atoms with E-state index in [1.54, 1.807) is 0 Å². The van der Waals surface area contributed by atoms with Crippen molar-refractivity contribution in [1.82, 2.24) is 0 Å². The standard InChI is InChI=1S/C17H25N/c1-14-9-7-8-12-16(14)17(13-18)15-10-5-3-2-4-6-11-15/h12,14H,2-11H2,1H3. The molecule has 1 unspecified atom stereocenters. The van der Waals surface area contributed by atoms with Gasteiger partial charge in [-0.25, -0.2) is 0 Å². The van der Waals surface area contributed by atoms with Crippen LogP contribution in [0.2, 0.25) is 0 Å². The zero-order valence-corrected chi connectivity index (χ0v) is 11.7. The van der Waals surface area contributed by atoms with Crippen molar-refractivity contribution in [2.24, 2.45) is 5.92 Å². The molecule has 0 aromatic rings. The minimum Gasteiger partial charge on any atom is -0.192 e. The molecule has 0 aliphatic heterocycles. The molecular formula is C17H25N. The average molecular weight is 243 g/mol. The Kier molecular flexibility index (Phi) is 5.05. The summed E-state index contributed by atoms with van der Waals surface area (Å²) in [6.07, 6.45) is 15.0. The summed E-state index contributed by atoms with van der Waals surface area (Å²) in [4.78, 5) is 0. The van der Waals surface area contributed by atoms with Crippen LogP contribution in [-0.2, 0) is 0 Å². The van der Waals surface area contributed by atoms with E-state index in [1.807, 2.05) is 0 Å². The molecule has 0 saturated heterocycles. The van der Waals surface area contributed by atoms with Crippen molar-refractivity contribution >= 4 is 0 Å². The van der Waals surface area contributed by atoms with Crippen LogP contribution in [0.4, 0.5) is 0 Å². The van der Waals surface area contributed by atoms with Crippen LogP contribution in [0.5, 0.6) is 0 Å². The minimum absolute atomic E-state index is 0.589. The third-order valence-electron chi connectivity index (χ3n) is 4.45. The van der Waals surface area contributed by atoms with Crippen LogP contribution in [0.1, 0.15) is 71.1 Å². The number of nitriles is 1. The maximum Gasteiger partial charge on any atom is 0.0994 e. The van der Waals surface area contributed by atoms with Crippen LogP contribution in [0.15, 0.2) is 22.8 Å². The highest BCUT2D eigenvalue weighted by Gasteiger charge is 2.19. The molecule has 0 heterocycles. The molecule has 1 saturated carbocycles. The first kappa shape index (κ1) is 13.4. The van der Waals surface area contributed by atoms with Gasteiger partial charge in [0.15, 0.2) is 0 Å². The Labute approximate surface area is 112 Å². The van der Waals surface area contributed by atoms with Gasteiger partial charge in [-0.2, -0.15) is 5.26 Å². The Hall–Kier alpha value is -1.03. The Morgan fingerprint density at radius 3 is 2.39 bits per heavy atom. The highest BCUT2D eigenvalue weighted by atomic mass is 14.3. The van der Waals surface area contributed by atoms with E-state index in [9.17, 15) is 5.26 Å². The van der Waals surface area contributed by atoms with E-state index in [1.165, 1.54) is 56.1 Å². The van der Waals surface area contributed by atoms with E-state index < -0.39 is 0 Å². The lowest BCUT2D eigenvalue weighted by molar-refractivity contribution is 0.547. The number of hydrogen-bond acceptors (Lipinski definition) is 1. The summed E-state index contributed by atoms with van der Waals surface area (Å²) >= 11 is 0.